The van der Waals surface area contributed by atoms with E-state index < -0.39 is 58.5 Å². The van der Waals surface area contributed by atoms with Gasteiger partial charge in [-0.1, -0.05) is 97.6 Å². The summed E-state index contributed by atoms with van der Waals surface area (Å²) >= 11 is 4.09. The molecule has 21 rings (SSSR count). The Labute approximate surface area is 632 Å². The molecule has 0 spiro atoms. The Balaban J connectivity index is 0.000000104. The van der Waals surface area contributed by atoms with Crippen molar-refractivity contribution >= 4 is 121 Å². The van der Waals surface area contributed by atoms with Crippen molar-refractivity contribution in [2.24, 2.45) is 59.2 Å². The Morgan fingerprint density at radius 2 is 0.840 bits per heavy atom. The summed E-state index contributed by atoms with van der Waals surface area (Å²) in [5.74, 6) is 15.4. The summed E-state index contributed by atoms with van der Waals surface area (Å²) in [4.78, 5) is 17.8. The molecule has 9 saturated carbocycles. The van der Waals surface area contributed by atoms with Crippen LogP contribution < -0.4 is 32.8 Å². The minimum absolute atomic E-state index is 0.0187. The third kappa shape index (κ3) is 15.2. The molecule has 13 aliphatic carbocycles. The molecule has 4 aromatic rings. The van der Waals surface area contributed by atoms with Gasteiger partial charge in [0.25, 0.3) is 0 Å². The van der Waals surface area contributed by atoms with Crippen molar-refractivity contribution in [1.29, 1.82) is 0 Å². The summed E-state index contributed by atoms with van der Waals surface area (Å²) < 4.78 is 105. The van der Waals surface area contributed by atoms with Gasteiger partial charge in [0.2, 0.25) is 30.1 Å². The predicted octanol–water partition coefficient (Wildman–Crippen LogP) is 10.1. The Morgan fingerprint density at radius 3 is 1.19 bits per heavy atom. The monoisotopic (exact) mass is 1560 g/mol. The summed E-state index contributed by atoms with van der Waals surface area (Å²) in [5, 5.41) is 40.5. The van der Waals surface area contributed by atoms with Crippen LogP contribution in [0.3, 0.4) is 0 Å². The Bertz CT molecular complexity index is 4640. The van der Waals surface area contributed by atoms with Crippen LogP contribution in [0.15, 0.2) is 73.0 Å². The summed E-state index contributed by atoms with van der Waals surface area (Å²) in [6.45, 7) is 4.05. The first-order chi connectivity index (χ1) is 50.9. The molecule has 21 nitrogen and oxygen atoms in total. The van der Waals surface area contributed by atoms with E-state index in [1.807, 2.05) is 26.0 Å². The van der Waals surface area contributed by atoms with E-state index in [0.717, 1.165) is 186 Å². The highest BCUT2D eigenvalue weighted by Crippen LogP contribution is 2.65. The van der Waals surface area contributed by atoms with Crippen LogP contribution in [0, 0.1) is 59.2 Å². The lowest BCUT2D eigenvalue weighted by molar-refractivity contribution is 0.00737. The smallest absolute Gasteiger partial charge is 0.531 e. The van der Waals surface area contributed by atoms with Gasteiger partial charge in [0, 0.05) is 92.6 Å². The molecule has 0 amide bonds. The Kier molecular flexibility index (Phi) is 20.0. The fourth-order valence-electron chi connectivity index (χ4n) is 19.5. The van der Waals surface area contributed by atoms with Crippen LogP contribution >= 0.6 is 15.9 Å². The Morgan fingerprint density at radius 1 is 0.481 bits per heavy atom. The summed E-state index contributed by atoms with van der Waals surface area (Å²) in [6, 6.07) is -0.0780. The zero-order valence-electron chi connectivity index (χ0n) is 60.0. The highest BCUT2D eigenvalue weighted by Gasteiger charge is 2.56. The first-order valence-electron chi connectivity index (χ1n) is 38.6. The first kappa shape index (κ1) is 72.9. The number of hydrogen-bond donors (Lipinski definition) is 7. The van der Waals surface area contributed by atoms with Crippen molar-refractivity contribution in [2.75, 3.05) is 17.3 Å². The molecule has 556 valence electrons. The van der Waals surface area contributed by atoms with Crippen molar-refractivity contribution in [2.45, 2.75) is 178 Å². The van der Waals surface area contributed by atoms with Gasteiger partial charge in [0.1, 0.15) is 23.0 Å². The number of nitrogens with one attached hydrogen (secondary N) is 3. The fourth-order valence-corrected chi connectivity index (χ4v) is 25.6. The van der Waals surface area contributed by atoms with Gasteiger partial charge in [-0.05, 0) is 202 Å². The number of rotatable bonds is 18. The average molecular weight is 1560 g/mol. The molecule has 8 heterocycles. The largest absolute Gasteiger partial charge is 0.552 e. The molecule has 2 atom stereocenters. The van der Waals surface area contributed by atoms with Gasteiger partial charge < -0.3 is 38.7 Å². The third-order valence-corrected chi connectivity index (χ3v) is 30.4. The molecule has 0 radical (unpaired) electrons. The van der Waals surface area contributed by atoms with E-state index in [9.17, 15) is 45.3 Å². The van der Waals surface area contributed by atoms with Crippen molar-refractivity contribution < 1.29 is 64.0 Å². The lowest BCUT2D eigenvalue weighted by Crippen LogP contribution is -2.52. The number of aromatic nitrogens is 4. The third-order valence-electron chi connectivity index (χ3n) is 24.9. The summed E-state index contributed by atoms with van der Waals surface area (Å²) in [5.41, 5.74) is 17.4. The molecule has 2 unspecified atom stereocenters. The van der Waals surface area contributed by atoms with Crippen molar-refractivity contribution in [3.8, 4) is 23.0 Å². The zero-order chi connectivity index (χ0) is 73.1. The molecule has 0 saturated heterocycles. The molecule has 106 heavy (non-hydrogen) atoms. The van der Waals surface area contributed by atoms with Crippen LogP contribution in [0.5, 0.6) is 23.0 Å². The quantitative estimate of drug-likeness (QED) is 0.0360. The summed E-state index contributed by atoms with van der Waals surface area (Å²) in [6.07, 6.45) is 45.1. The number of pyridine rings is 4. The van der Waals surface area contributed by atoms with Gasteiger partial charge in [0.15, 0.2) is 0 Å². The second-order valence-electron chi connectivity index (χ2n) is 33.1. The fraction of sp³-hybridized carbons (Fsp3) is 0.532. The van der Waals surface area contributed by atoms with Crippen LogP contribution in [0.4, 0.5) is 0 Å². The molecular weight excluding hydrogens is 1470 g/mol. The molecule has 17 aliphatic rings. The van der Waals surface area contributed by atoms with E-state index in [1.54, 1.807) is 36.5 Å². The van der Waals surface area contributed by atoms with Crippen molar-refractivity contribution in [3.63, 3.8) is 0 Å². The second kappa shape index (κ2) is 29.0. The lowest BCUT2D eigenvalue weighted by atomic mass is 9.49. The number of allylic oxidation sites excluding steroid dienone is 8. The standard InChI is InChI=1S/C20H21BBrNO2.2C19H23BN2O4S.C19H25BN2O4S/c22-20-6-11-4-12(7-20)18(13(5-11)8-20)15-9-21(24)25-17-10-23-16-3-1-2-14(16)19(15)17;23-20-9-16(19-15-5-2-6-17(15)21-10-18(19)26-20)13-7-14(8-13)22-27(24,25)11-12-3-1-4-12;23-20-10-16(19-15-2-1-3-17(15)21-11-18(19)26-20)13-8-14(9-13)22-27(24,25)7-6-12-4-5-12;1-12(2)6-7-27(24,25)22-14-8-13(9-14)16-10-20(23)26-18-11-21-17-5-3-4-15(17)19(16)18/h1-2,9-13,18,24H,3-8H2;2,5,9-10,12-14,22-23H,1,3-4,6-8,11H2;1-2,10-14,22-23H,3-9H2;3-4,10-14,22-23H,5-9H2,1-2H3. The normalized spacial score (nSPS) is 28.8. The molecule has 4 aromatic heterocycles. The van der Waals surface area contributed by atoms with Crippen LogP contribution in [0.1, 0.15) is 197 Å². The van der Waals surface area contributed by atoms with Crippen LogP contribution in [-0.2, 0) is 55.8 Å². The maximum Gasteiger partial charge on any atom is 0.552 e. The van der Waals surface area contributed by atoms with Crippen LogP contribution in [0.25, 0.3) is 46.6 Å². The highest BCUT2D eigenvalue weighted by molar-refractivity contribution is 9.10. The van der Waals surface area contributed by atoms with E-state index in [0.29, 0.717) is 51.7 Å². The minimum Gasteiger partial charge on any atom is -0.531 e. The van der Waals surface area contributed by atoms with E-state index in [4.69, 9.17) is 18.6 Å². The first-order valence-corrected chi connectivity index (χ1v) is 44.3. The second-order valence-corrected chi connectivity index (χ2v) is 40.3. The van der Waals surface area contributed by atoms with E-state index in [2.05, 4.69) is 98.6 Å². The number of hydrogen-bond acceptors (Lipinski definition) is 18. The van der Waals surface area contributed by atoms with Gasteiger partial charge >= 0.3 is 28.5 Å². The number of nitrogens with zero attached hydrogens (tertiary/aromatic N) is 4. The molecule has 4 bridgehead atoms. The van der Waals surface area contributed by atoms with Gasteiger partial charge in [-0.15, -0.1) is 0 Å². The van der Waals surface area contributed by atoms with Crippen LogP contribution in [-0.4, -0.2) is 133 Å². The zero-order valence-corrected chi connectivity index (χ0v) is 64.0. The maximum atomic E-state index is 12.3. The van der Waals surface area contributed by atoms with Gasteiger partial charge in [-0.25, -0.2) is 39.4 Å². The topological polar surface area (TPSA) is 308 Å². The average Bonchev–Trinajstić information content (AvgIpc) is 0.744. The molecule has 29 heteroatoms. The number of alkyl halides is 1. The SMILES string of the molecule is CC(C)CCS(=O)(=O)NC1CC(C2=CB(O)Oc3cnc4c(c32)C=CC4)C1.O=S(=O)(CC1CCC1)NC1CC(C2=CB(O)Oc3cnc4c(c32)C=CC4)C1.O=S(=O)(CCC1CC1)NC1CC(C2=CB(O)Oc3cnc4c(c32)C=CC4)C1.OB1C=C(C2C3CC4CC2CC(Br)(C4)C3)c2c(cnc3c2C=CC3)O1. The molecule has 0 aromatic carbocycles. The number of fused-ring (bicyclic) bond motifs is 12. The molecule has 7 N–H and O–H groups in total. The summed E-state index contributed by atoms with van der Waals surface area (Å²) in [7, 11) is -13.4. The number of halogens is 1. The lowest BCUT2D eigenvalue weighted by Gasteiger charge is -2.59. The Hall–Kier alpha value is -5.97. The van der Waals surface area contributed by atoms with Gasteiger partial charge in [-0.3, -0.25) is 19.9 Å². The van der Waals surface area contributed by atoms with E-state index in [1.165, 1.54) is 61.6 Å². The minimum atomic E-state index is -3.24. The highest BCUT2D eigenvalue weighted by atomic mass is 79.9. The molecule has 9 fully saturated rings. The van der Waals surface area contributed by atoms with Gasteiger partial charge in [0.05, 0.1) is 64.8 Å². The van der Waals surface area contributed by atoms with Crippen molar-refractivity contribution in [1.82, 2.24) is 34.1 Å². The van der Waals surface area contributed by atoms with E-state index >= 15 is 0 Å². The van der Waals surface area contributed by atoms with Gasteiger partial charge in [-0.2, -0.15) is 0 Å². The predicted molar refractivity (Wildman–Crippen MR) is 417 cm³/mol. The number of sulfonamides is 3. The van der Waals surface area contributed by atoms with Crippen LogP contribution in [0.2, 0.25) is 0 Å². The van der Waals surface area contributed by atoms with Crippen molar-refractivity contribution in [3.05, 3.63) is 140 Å². The molecule has 4 aliphatic heterocycles. The molecular formula is C77H92B4BrN7O14S3. The maximum absolute atomic E-state index is 12.3. The van der Waals surface area contributed by atoms with E-state index in [-0.39, 0.29) is 53.1 Å².